The predicted molar refractivity (Wildman–Crippen MR) is 147 cm³/mol. The summed E-state index contributed by atoms with van der Waals surface area (Å²) in [5.41, 5.74) is 2.82. The Hall–Kier alpha value is -5.07. The van der Waals surface area contributed by atoms with Crippen LogP contribution in [0.2, 0.25) is 0 Å². The van der Waals surface area contributed by atoms with Gasteiger partial charge < -0.3 is 9.47 Å². The van der Waals surface area contributed by atoms with E-state index >= 15 is 0 Å². The molecule has 2 atom stereocenters. The molecule has 206 valence electrons. The zero-order chi connectivity index (χ0) is 29.2. The zero-order valence-corrected chi connectivity index (χ0v) is 23.2. The second kappa shape index (κ2) is 13.8. The molecule has 12 heteroatoms. The number of hydrogen-bond donors (Lipinski definition) is 0. The van der Waals surface area contributed by atoms with Crippen LogP contribution in [0.4, 0.5) is 0 Å². The highest BCUT2D eigenvalue weighted by Gasteiger charge is 2.16. The molecule has 0 saturated carbocycles. The van der Waals surface area contributed by atoms with Crippen molar-refractivity contribution in [1.29, 1.82) is 10.5 Å². The number of esters is 2. The first-order valence-electron chi connectivity index (χ1n) is 12.7. The van der Waals surface area contributed by atoms with Gasteiger partial charge >= 0.3 is 11.9 Å². The third-order valence-corrected chi connectivity index (χ3v) is 7.40. The predicted octanol–water partition coefficient (Wildman–Crippen LogP) is 4.45. The normalized spacial score (nSPS) is 12.0. The summed E-state index contributed by atoms with van der Waals surface area (Å²) in [6.45, 7) is 4.28. The van der Waals surface area contributed by atoms with Crippen molar-refractivity contribution in [3.63, 3.8) is 0 Å². The van der Waals surface area contributed by atoms with Gasteiger partial charge in [-0.2, -0.15) is 10.5 Å². The quantitative estimate of drug-likeness (QED) is 0.235. The van der Waals surface area contributed by atoms with Crippen molar-refractivity contribution >= 4 is 23.3 Å². The van der Waals surface area contributed by atoms with Crippen LogP contribution in [0.25, 0.3) is 0 Å². The number of pyridine rings is 1. The molecule has 0 fully saturated rings. The van der Waals surface area contributed by atoms with Crippen molar-refractivity contribution in [2.24, 2.45) is 0 Å². The van der Waals surface area contributed by atoms with E-state index in [2.05, 4.69) is 39.2 Å². The first-order valence-corrected chi connectivity index (χ1v) is 13.6. The summed E-state index contributed by atoms with van der Waals surface area (Å²) < 4.78 is 10.4. The number of ether oxygens (including phenoxy) is 2. The third kappa shape index (κ3) is 8.46. The van der Waals surface area contributed by atoms with E-state index in [0.717, 1.165) is 29.7 Å². The molecule has 4 aromatic rings. The Kier molecular flexibility index (Phi) is 9.75. The second-order valence-electron chi connectivity index (χ2n) is 9.37. The van der Waals surface area contributed by atoms with Crippen molar-refractivity contribution in [1.82, 2.24) is 25.4 Å². The number of nitriles is 2. The number of thiophene rings is 1. The molecule has 0 bridgehead atoms. The molecule has 0 radical (unpaired) electrons. The largest absolute Gasteiger partial charge is 0.406 e. The number of carbonyl (C=O) groups is 2. The number of carbonyl (C=O) groups excluding carboxylic acids is 2. The minimum absolute atomic E-state index is 0.0372. The van der Waals surface area contributed by atoms with Crippen LogP contribution in [0.5, 0.6) is 11.8 Å². The number of aromatic nitrogens is 5. The van der Waals surface area contributed by atoms with Gasteiger partial charge in [0.05, 0.1) is 12.8 Å². The highest BCUT2D eigenvalue weighted by molar-refractivity contribution is 7.10. The number of nitrogens with zero attached hydrogens (tertiary/aromatic N) is 7. The molecule has 0 aromatic carbocycles. The molecule has 11 nitrogen and oxygen atoms in total. The Morgan fingerprint density at radius 2 is 1.39 bits per heavy atom. The summed E-state index contributed by atoms with van der Waals surface area (Å²) in [4.78, 5) is 30.2. The lowest BCUT2D eigenvalue weighted by Crippen LogP contribution is -2.13. The van der Waals surface area contributed by atoms with E-state index < -0.39 is 11.9 Å². The smallest absolute Gasteiger partial charge is 0.317 e. The Labute approximate surface area is 240 Å². The molecule has 0 saturated heterocycles. The Morgan fingerprint density at radius 3 is 1.90 bits per heavy atom. The van der Waals surface area contributed by atoms with Crippen LogP contribution in [0.3, 0.4) is 0 Å². The van der Waals surface area contributed by atoms with Gasteiger partial charge in [-0.1, -0.05) is 19.9 Å². The maximum atomic E-state index is 12.3. The van der Waals surface area contributed by atoms with Crippen LogP contribution in [-0.4, -0.2) is 37.3 Å². The first kappa shape index (κ1) is 28.9. The van der Waals surface area contributed by atoms with E-state index in [1.807, 2.05) is 35.7 Å². The van der Waals surface area contributed by atoms with Crippen LogP contribution < -0.4 is 9.47 Å². The van der Waals surface area contributed by atoms with Crippen LogP contribution >= 0.6 is 11.3 Å². The van der Waals surface area contributed by atoms with E-state index in [1.165, 1.54) is 29.1 Å². The molecule has 2 unspecified atom stereocenters. The lowest BCUT2D eigenvalue weighted by molar-refractivity contribution is -0.134. The SMILES string of the molecule is CC(CCC(C)c1cc(CC(=O)Oc2ccc(C#N)nn2)cs1)c1ccc(CC(=O)Oc2ccc(C#N)nn2)cn1. The average Bonchev–Trinajstić information content (AvgIpc) is 3.45. The molecule has 0 aliphatic rings. The van der Waals surface area contributed by atoms with Crippen molar-refractivity contribution in [2.45, 2.75) is 51.4 Å². The van der Waals surface area contributed by atoms with Crippen LogP contribution in [0.1, 0.15) is 71.6 Å². The topological polar surface area (TPSA) is 165 Å². The molecule has 4 rings (SSSR count). The van der Waals surface area contributed by atoms with Gasteiger partial charge in [0.15, 0.2) is 11.4 Å². The molecule has 0 aliphatic heterocycles. The molecule has 41 heavy (non-hydrogen) atoms. The summed E-state index contributed by atoms with van der Waals surface area (Å²) in [6, 6.07) is 15.3. The van der Waals surface area contributed by atoms with E-state index in [-0.39, 0.29) is 41.9 Å². The first-order chi connectivity index (χ1) is 19.8. The maximum Gasteiger partial charge on any atom is 0.317 e. The summed E-state index contributed by atoms with van der Waals surface area (Å²) >= 11 is 1.61. The molecule has 0 N–H and O–H groups in total. The Balaban J connectivity index is 1.22. The molecular weight excluding hydrogens is 542 g/mol. The van der Waals surface area contributed by atoms with Gasteiger partial charge in [-0.25, -0.2) is 0 Å². The molecule has 4 aromatic heterocycles. The fourth-order valence-corrected chi connectivity index (χ4v) is 4.88. The van der Waals surface area contributed by atoms with Crippen molar-refractivity contribution in [3.8, 4) is 23.9 Å². The summed E-state index contributed by atoms with van der Waals surface area (Å²) in [5.74, 6) is -0.318. The Morgan fingerprint density at radius 1 is 0.805 bits per heavy atom. The van der Waals surface area contributed by atoms with Crippen LogP contribution in [-0.2, 0) is 22.4 Å². The van der Waals surface area contributed by atoms with E-state index in [0.29, 0.717) is 5.92 Å². The number of rotatable bonds is 11. The van der Waals surface area contributed by atoms with Gasteiger partial charge in [0.25, 0.3) is 0 Å². The van der Waals surface area contributed by atoms with Crippen LogP contribution in [0.15, 0.2) is 54.0 Å². The van der Waals surface area contributed by atoms with Crippen molar-refractivity contribution < 1.29 is 19.1 Å². The fourth-order valence-electron chi connectivity index (χ4n) is 3.87. The molecule has 0 aliphatic carbocycles. The molecule has 0 spiro atoms. The lowest BCUT2D eigenvalue weighted by atomic mass is 9.94. The minimum Gasteiger partial charge on any atom is -0.406 e. The van der Waals surface area contributed by atoms with Gasteiger partial charge in [-0.05, 0) is 65.4 Å². The summed E-state index contributed by atoms with van der Waals surface area (Å²) in [7, 11) is 0. The highest BCUT2D eigenvalue weighted by atomic mass is 32.1. The third-order valence-electron chi connectivity index (χ3n) is 6.19. The van der Waals surface area contributed by atoms with Gasteiger partial charge in [-0.3, -0.25) is 14.6 Å². The molecular formula is C29H25N7O4S. The van der Waals surface area contributed by atoms with Crippen LogP contribution in [0, 0.1) is 22.7 Å². The minimum atomic E-state index is -0.494. The van der Waals surface area contributed by atoms with Gasteiger partial charge in [-0.15, -0.1) is 31.7 Å². The standard InChI is InChI=1S/C29H25N7O4S/c1-18(24-8-5-20(16-32-24)12-28(37)39-26-9-6-22(14-30)33-35-26)3-4-19(2)25-11-21(17-41-25)13-29(38)40-27-10-7-23(15-31)34-36-27/h5-11,16-19H,3-4,12-13H2,1-2H3. The molecule has 0 amide bonds. The van der Waals surface area contributed by atoms with Crippen molar-refractivity contribution in [3.05, 3.63) is 87.1 Å². The zero-order valence-electron chi connectivity index (χ0n) is 22.4. The van der Waals surface area contributed by atoms with E-state index in [4.69, 9.17) is 20.0 Å². The average molecular weight is 568 g/mol. The monoisotopic (exact) mass is 567 g/mol. The molecule has 4 heterocycles. The van der Waals surface area contributed by atoms with E-state index in [9.17, 15) is 9.59 Å². The van der Waals surface area contributed by atoms with Gasteiger partial charge in [0.2, 0.25) is 11.8 Å². The number of hydrogen-bond acceptors (Lipinski definition) is 12. The second-order valence-corrected chi connectivity index (χ2v) is 10.3. The Bertz CT molecular complexity index is 1570. The van der Waals surface area contributed by atoms with Gasteiger partial charge in [0, 0.05) is 28.9 Å². The van der Waals surface area contributed by atoms with Crippen molar-refractivity contribution in [2.75, 3.05) is 0 Å². The van der Waals surface area contributed by atoms with E-state index in [1.54, 1.807) is 17.5 Å². The fraction of sp³-hybridized carbons (Fsp3) is 0.276. The summed E-state index contributed by atoms with van der Waals surface area (Å²) in [6.07, 6.45) is 3.68. The summed E-state index contributed by atoms with van der Waals surface area (Å²) in [5, 5.41) is 34.2. The lowest BCUT2D eigenvalue weighted by Gasteiger charge is -2.15. The maximum absolute atomic E-state index is 12.3. The highest BCUT2D eigenvalue weighted by Crippen LogP contribution is 2.31. The van der Waals surface area contributed by atoms with Gasteiger partial charge in [0.1, 0.15) is 12.1 Å².